The van der Waals surface area contributed by atoms with Gasteiger partial charge in [0.05, 0.1) is 13.2 Å². The van der Waals surface area contributed by atoms with Gasteiger partial charge < -0.3 is 25.2 Å². The number of morpholine rings is 1. The summed E-state index contributed by atoms with van der Waals surface area (Å²) in [6, 6.07) is 16.3. The first-order valence-corrected chi connectivity index (χ1v) is 10.3. The Kier molecular flexibility index (Phi) is 8.00. The highest BCUT2D eigenvalue weighted by atomic mass is 16.5. The van der Waals surface area contributed by atoms with Crippen LogP contribution in [0.5, 0.6) is 0 Å². The largest absolute Gasteiger partial charge is 0.378 e. The van der Waals surface area contributed by atoms with Gasteiger partial charge in [-0.05, 0) is 23.8 Å². The summed E-state index contributed by atoms with van der Waals surface area (Å²) < 4.78 is 5.28. The lowest BCUT2D eigenvalue weighted by Crippen LogP contribution is -2.40. The van der Waals surface area contributed by atoms with E-state index in [4.69, 9.17) is 4.74 Å². The van der Waals surface area contributed by atoms with Gasteiger partial charge in [-0.3, -0.25) is 9.59 Å². The third kappa shape index (κ3) is 6.82. The van der Waals surface area contributed by atoms with E-state index in [1.54, 1.807) is 41.1 Å². The molecule has 1 fully saturated rings. The zero-order valence-corrected chi connectivity index (χ0v) is 17.7. The van der Waals surface area contributed by atoms with Crippen molar-refractivity contribution >= 4 is 23.5 Å². The molecule has 0 unspecified atom stereocenters. The Hall–Kier alpha value is -3.39. The summed E-state index contributed by atoms with van der Waals surface area (Å²) >= 11 is 0. The van der Waals surface area contributed by atoms with Crippen molar-refractivity contribution in [2.75, 3.05) is 45.2 Å². The molecule has 2 aromatic rings. The molecular weight excluding hydrogens is 396 g/mol. The van der Waals surface area contributed by atoms with Crippen LogP contribution in [0.3, 0.4) is 0 Å². The third-order valence-electron chi connectivity index (χ3n) is 4.93. The monoisotopic (exact) mass is 424 g/mol. The van der Waals surface area contributed by atoms with Crippen molar-refractivity contribution in [1.82, 2.24) is 15.1 Å². The zero-order chi connectivity index (χ0) is 22.1. The molecule has 31 heavy (non-hydrogen) atoms. The normalized spacial score (nSPS) is 13.4. The van der Waals surface area contributed by atoms with E-state index >= 15 is 0 Å². The Morgan fingerprint density at radius 1 is 1.03 bits per heavy atom. The summed E-state index contributed by atoms with van der Waals surface area (Å²) in [5.41, 5.74) is 2.11. The number of hydrogen-bond donors (Lipinski definition) is 2. The van der Waals surface area contributed by atoms with Gasteiger partial charge in [-0.15, -0.1) is 0 Å². The highest BCUT2D eigenvalue weighted by Crippen LogP contribution is 2.14. The van der Waals surface area contributed by atoms with Crippen LogP contribution in [0.2, 0.25) is 0 Å². The molecule has 0 radical (unpaired) electrons. The molecule has 164 valence electrons. The fraction of sp³-hybridized carbons (Fsp3) is 0.348. The average molecular weight is 425 g/mol. The van der Waals surface area contributed by atoms with E-state index in [0.29, 0.717) is 44.1 Å². The van der Waals surface area contributed by atoms with Crippen LogP contribution in [0.4, 0.5) is 10.5 Å². The first-order valence-electron chi connectivity index (χ1n) is 10.3. The number of ether oxygens (including phenoxy) is 1. The Labute approximate surface area is 182 Å². The predicted octanol–water partition coefficient (Wildman–Crippen LogP) is 2.33. The van der Waals surface area contributed by atoms with Gasteiger partial charge in [-0.2, -0.15) is 0 Å². The van der Waals surface area contributed by atoms with Crippen molar-refractivity contribution < 1.29 is 19.1 Å². The minimum absolute atomic E-state index is 0.0758. The maximum atomic E-state index is 12.6. The smallest absolute Gasteiger partial charge is 0.317 e. The second-order valence-electron chi connectivity index (χ2n) is 7.36. The molecule has 0 bridgehead atoms. The molecule has 2 aromatic carbocycles. The molecule has 0 aliphatic carbocycles. The van der Waals surface area contributed by atoms with Crippen LogP contribution in [0.25, 0.3) is 0 Å². The van der Waals surface area contributed by atoms with Crippen molar-refractivity contribution in [3.05, 3.63) is 65.7 Å². The van der Waals surface area contributed by atoms with Gasteiger partial charge in [0.1, 0.15) is 0 Å². The van der Waals surface area contributed by atoms with E-state index in [1.807, 2.05) is 30.3 Å². The Morgan fingerprint density at radius 3 is 2.52 bits per heavy atom. The molecule has 4 amide bonds. The predicted molar refractivity (Wildman–Crippen MR) is 118 cm³/mol. The second kappa shape index (κ2) is 11.1. The molecule has 8 heteroatoms. The van der Waals surface area contributed by atoms with E-state index in [-0.39, 0.29) is 30.8 Å². The van der Waals surface area contributed by atoms with E-state index in [1.165, 1.54) is 0 Å². The fourth-order valence-electron chi connectivity index (χ4n) is 3.25. The van der Waals surface area contributed by atoms with Gasteiger partial charge in [-0.1, -0.05) is 36.4 Å². The van der Waals surface area contributed by atoms with Gasteiger partial charge in [-0.25, -0.2) is 4.79 Å². The van der Waals surface area contributed by atoms with E-state index < -0.39 is 0 Å². The van der Waals surface area contributed by atoms with Gasteiger partial charge in [0, 0.05) is 50.9 Å². The molecule has 0 spiro atoms. The first-order chi connectivity index (χ1) is 15.0. The Bertz CT molecular complexity index is 897. The zero-order valence-electron chi connectivity index (χ0n) is 17.7. The van der Waals surface area contributed by atoms with Crippen molar-refractivity contribution in [3.63, 3.8) is 0 Å². The number of urea groups is 1. The minimum Gasteiger partial charge on any atom is -0.378 e. The lowest BCUT2D eigenvalue weighted by molar-refractivity contribution is -0.116. The number of hydrogen-bond acceptors (Lipinski definition) is 4. The van der Waals surface area contributed by atoms with Gasteiger partial charge in [0.15, 0.2) is 0 Å². The second-order valence-corrected chi connectivity index (χ2v) is 7.36. The standard InChI is InChI=1S/C23H28N4O4/c1-26(17-18-6-3-2-4-7-18)23(30)24-11-10-21(28)25-20-9-5-8-19(16-20)22(29)27-12-14-31-15-13-27/h2-9,16H,10-15,17H2,1H3,(H,24,30)(H,25,28). The summed E-state index contributed by atoms with van der Waals surface area (Å²) in [5.74, 6) is -0.310. The average Bonchev–Trinajstić information content (AvgIpc) is 2.80. The number of nitrogens with one attached hydrogen (secondary N) is 2. The number of carbonyl (C=O) groups excluding carboxylic acids is 3. The molecule has 0 saturated carbocycles. The van der Waals surface area contributed by atoms with Crippen molar-refractivity contribution in [3.8, 4) is 0 Å². The van der Waals surface area contributed by atoms with Crippen LogP contribution in [-0.4, -0.2) is 67.5 Å². The minimum atomic E-state index is -0.241. The van der Waals surface area contributed by atoms with Crippen LogP contribution in [0, 0.1) is 0 Å². The third-order valence-corrected chi connectivity index (χ3v) is 4.93. The Balaban J connectivity index is 1.43. The fourth-order valence-corrected chi connectivity index (χ4v) is 3.25. The van der Waals surface area contributed by atoms with Crippen LogP contribution >= 0.6 is 0 Å². The molecule has 8 nitrogen and oxygen atoms in total. The highest BCUT2D eigenvalue weighted by molar-refractivity contribution is 5.97. The highest BCUT2D eigenvalue weighted by Gasteiger charge is 2.19. The van der Waals surface area contributed by atoms with Gasteiger partial charge in [0.25, 0.3) is 5.91 Å². The lowest BCUT2D eigenvalue weighted by atomic mass is 10.1. The number of benzene rings is 2. The molecular formula is C23H28N4O4. The van der Waals surface area contributed by atoms with Crippen molar-refractivity contribution in [1.29, 1.82) is 0 Å². The molecule has 1 heterocycles. The number of nitrogens with zero attached hydrogens (tertiary/aromatic N) is 2. The maximum absolute atomic E-state index is 12.6. The summed E-state index contributed by atoms with van der Waals surface area (Å²) in [7, 11) is 1.71. The first kappa shape index (κ1) is 22.3. The molecule has 1 aliphatic rings. The molecule has 1 aliphatic heterocycles. The molecule has 1 saturated heterocycles. The maximum Gasteiger partial charge on any atom is 0.317 e. The lowest BCUT2D eigenvalue weighted by Gasteiger charge is -2.27. The quantitative estimate of drug-likeness (QED) is 0.714. The van der Waals surface area contributed by atoms with Gasteiger partial charge in [0.2, 0.25) is 5.91 Å². The van der Waals surface area contributed by atoms with Crippen LogP contribution in [0.15, 0.2) is 54.6 Å². The number of carbonyl (C=O) groups is 3. The molecule has 3 rings (SSSR count). The summed E-state index contributed by atoms with van der Waals surface area (Å²) in [6.45, 7) is 2.91. The molecule has 2 N–H and O–H groups in total. The summed E-state index contributed by atoms with van der Waals surface area (Å²) in [6.07, 6.45) is 0.132. The van der Waals surface area contributed by atoms with Crippen LogP contribution in [0.1, 0.15) is 22.3 Å². The molecule has 0 aromatic heterocycles. The number of rotatable bonds is 7. The van der Waals surface area contributed by atoms with Crippen LogP contribution in [-0.2, 0) is 16.1 Å². The van der Waals surface area contributed by atoms with Gasteiger partial charge >= 0.3 is 6.03 Å². The van der Waals surface area contributed by atoms with Crippen molar-refractivity contribution in [2.24, 2.45) is 0 Å². The van der Waals surface area contributed by atoms with E-state index in [0.717, 1.165) is 5.56 Å². The van der Waals surface area contributed by atoms with Crippen molar-refractivity contribution in [2.45, 2.75) is 13.0 Å². The Morgan fingerprint density at radius 2 is 1.77 bits per heavy atom. The van der Waals surface area contributed by atoms with E-state index in [9.17, 15) is 14.4 Å². The topological polar surface area (TPSA) is 91.0 Å². The number of anilines is 1. The van der Waals surface area contributed by atoms with Crippen LogP contribution < -0.4 is 10.6 Å². The SMILES string of the molecule is CN(Cc1ccccc1)C(=O)NCCC(=O)Nc1cccc(C(=O)N2CCOCC2)c1. The summed E-state index contributed by atoms with van der Waals surface area (Å²) in [5, 5.41) is 5.53. The number of amides is 4. The molecule has 0 atom stereocenters. The van der Waals surface area contributed by atoms with E-state index in [2.05, 4.69) is 10.6 Å². The summed E-state index contributed by atoms with van der Waals surface area (Å²) in [4.78, 5) is 40.3.